The third-order valence-corrected chi connectivity index (χ3v) is 2.55. The van der Waals surface area contributed by atoms with E-state index in [-0.39, 0.29) is 0 Å². The fourth-order valence-electron chi connectivity index (χ4n) is 1.36. The van der Waals surface area contributed by atoms with E-state index in [0.717, 1.165) is 9.99 Å². The second-order valence-electron chi connectivity index (χ2n) is 3.03. The van der Waals surface area contributed by atoms with Gasteiger partial charge in [-0.2, -0.15) is 0 Å². The smallest absolute Gasteiger partial charge is 0.340 e. The number of benzene rings is 1. The fraction of sp³-hybridized carbons (Fsp3) is 0.222. The minimum atomic E-state index is -0.415. The molecule has 1 aromatic carbocycles. The number of halogens is 1. The number of hydrogen-bond acceptors (Lipinski definition) is 4. The molecule has 78 valence electrons. The first-order chi connectivity index (χ1) is 7.13. The van der Waals surface area contributed by atoms with Crippen LogP contribution in [0.15, 0.2) is 16.6 Å². The highest BCUT2D eigenvalue weighted by Gasteiger charge is 2.15. The van der Waals surface area contributed by atoms with Crippen LogP contribution in [0, 0.1) is 0 Å². The van der Waals surface area contributed by atoms with Gasteiger partial charge in [0.2, 0.25) is 0 Å². The lowest BCUT2D eigenvalue weighted by molar-refractivity contribution is 0.0602. The Bertz CT molecular complexity index is 535. The molecule has 0 aliphatic heterocycles. The van der Waals surface area contributed by atoms with Gasteiger partial charge in [-0.05, 0) is 12.1 Å². The summed E-state index contributed by atoms with van der Waals surface area (Å²) in [7, 11) is 3.11. The fourth-order valence-corrected chi connectivity index (χ4v) is 1.81. The van der Waals surface area contributed by atoms with E-state index in [0.29, 0.717) is 11.1 Å². The normalized spacial score (nSPS) is 10.6. The summed E-state index contributed by atoms with van der Waals surface area (Å²) in [5.74, 6) is -0.415. The Balaban J connectivity index is 2.78. The third kappa shape index (κ3) is 1.61. The summed E-state index contributed by atoms with van der Waals surface area (Å²) in [4.78, 5) is 11.5. The van der Waals surface area contributed by atoms with Crippen molar-refractivity contribution in [1.82, 2.24) is 15.0 Å². The Morgan fingerprint density at radius 2 is 2.27 bits per heavy atom. The molecule has 0 atom stereocenters. The van der Waals surface area contributed by atoms with Crippen molar-refractivity contribution in [2.75, 3.05) is 7.11 Å². The van der Waals surface area contributed by atoms with Crippen molar-refractivity contribution in [1.29, 1.82) is 0 Å². The average Bonchev–Trinajstić information content (AvgIpc) is 2.58. The van der Waals surface area contributed by atoms with E-state index in [2.05, 4.69) is 31.0 Å². The summed E-state index contributed by atoms with van der Waals surface area (Å²) < 4.78 is 7.07. The molecule has 15 heavy (non-hydrogen) atoms. The maximum absolute atomic E-state index is 11.5. The van der Waals surface area contributed by atoms with Gasteiger partial charge in [0.05, 0.1) is 18.2 Å². The maximum atomic E-state index is 11.5. The minimum Gasteiger partial charge on any atom is -0.465 e. The number of ether oxygens (including phenoxy) is 1. The molecule has 2 rings (SSSR count). The topological polar surface area (TPSA) is 57.0 Å². The summed E-state index contributed by atoms with van der Waals surface area (Å²) in [6, 6.07) is 3.52. The van der Waals surface area contributed by atoms with E-state index in [1.54, 1.807) is 17.8 Å². The monoisotopic (exact) mass is 269 g/mol. The summed E-state index contributed by atoms with van der Waals surface area (Å²) in [6.07, 6.45) is 0. The molecule has 0 saturated carbocycles. The van der Waals surface area contributed by atoms with E-state index in [1.165, 1.54) is 7.11 Å². The molecule has 1 heterocycles. The van der Waals surface area contributed by atoms with Gasteiger partial charge in [0.25, 0.3) is 0 Å². The number of esters is 1. The van der Waals surface area contributed by atoms with E-state index in [1.807, 2.05) is 6.07 Å². The summed E-state index contributed by atoms with van der Waals surface area (Å²) in [6.45, 7) is 0. The van der Waals surface area contributed by atoms with Gasteiger partial charge < -0.3 is 4.74 Å². The predicted molar refractivity (Wildman–Crippen MR) is 57.5 cm³/mol. The van der Waals surface area contributed by atoms with E-state index in [4.69, 9.17) is 0 Å². The van der Waals surface area contributed by atoms with Crippen molar-refractivity contribution in [3.8, 4) is 0 Å². The van der Waals surface area contributed by atoms with Crippen molar-refractivity contribution >= 4 is 32.9 Å². The van der Waals surface area contributed by atoms with Gasteiger partial charge in [0, 0.05) is 11.5 Å². The van der Waals surface area contributed by atoms with Gasteiger partial charge in [0.15, 0.2) is 0 Å². The first kappa shape index (κ1) is 10.1. The lowest BCUT2D eigenvalue weighted by atomic mass is 10.2. The second kappa shape index (κ2) is 3.62. The van der Waals surface area contributed by atoms with Gasteiger partial charge >= 0.3 is 5.97 Å². The molecule has 2 aromatic rings. The van der Waals surface area contributed by atoms with Gasteiger partial charge in [-0.25, -0.2) is 9.48 Å². The first-order valence-electron chi connectivity index (χ1n) is 4.20. The zero-order valence-corrected chi connectivity index (χ0v) is 9.78. The molecule has 0 aliphatic rings. The Kier molecular flexibility index (Phi) is 2.44. The molecular formula is C9H8BrN3O2. The predicted octanol–water partition coefficient (Wildman–Crippen LogP) is 1.52. The molecule has 0 amide bonds. The van der Waals surface area contributed by atoms with Crippen LogP contribution in [0.4, 0.5) is 0 Å². The number of aromatic nitrogens is 3. The van der Waals surface area contributed by atoms with Gasteiger partial charge in [-0.1, -0.05) is 21.1 Å². The molecule has 0 unspecified atom stereocenters. The molecule has 1 aromatic heterocycles. The number of rotatable bonds is 1. The largest absolute Gasteiger partial charge is 0.465 e. The Hall–Kier alpha value is -1.43. The first-order valence-corrected chi connectivity index (χ1v) is 5.00. The summed E-state index contributed by atoms with van der Waals surface area (Å²) >= 11 is 3.32. The highest BCUT2D eigenvalue weighted by atomic mass is 79.9. The van der Waals surface area contributed by atoms with E-state index < -0.39 is 5.97 Å². The van der Waals surface area contributed by atoms with Crippen LogP contribution in [0.1, 0.15) is 10.4 Å². The van der Waals surface area contributed by atoms with Gasteiger partial charge in [0.1, 0.15) is 5.52 Å². The number of carbonyl (C=O) groups is 1. The Labute approximate surface area is 94.1 Å². The maximum Gasteiger partial charge on any atom is 0.340 e. The molecule has 0 N–H and O–H groups in total. The van der Waals surface area contributed by atoms with Crippen molar-refractivity contribution in [3.05, 3.63) is 22.2 Å². The molecule has 0 saturated heterocycles. The molecule has 6 heteroatoms. The molecule has 0 fully saturated rings. The Morgan fingerprint density at radius 3 is 2.93 bits per heavy atom. The van der Waals surface area contributed by atoms with Crippen molar-refractivity contribution in [2.45, 2.75) is 0 Å². The molecule has 0 radical (unpaired) electrons. The van der Waals surface area contributed by atoms with E-state index in [9.17, 15) is 4.79 Å². The van der Waals surface area contributed by atoms with Crippen LogP contribution in [0.25, 0.3) is 11.0 Å². The standard InChI is InChI=1S/C9H8BrN3O2/c1-13-7-4-5(10)3-6(9(14)15-2)8(7)11-12-13/h3-4H,1-2H3. The molecule has 0 spiro atoms. The summed E-state index contributed by atoms with van der Waals surface area (Å²) in [5.41, 5.74) is 1.74. The average molecular weight is 270 g/mol. The van der Waals surface area contributed by atoms with Gasteiger partial charge in [-0.15, -0.1) is 5.10 Å². The Morgan fingerprint density at radius 1 is 1.53 bits per heavy atom. The van der Waals surface area contributed by atoms with Crippen molar-refractivity contribution in [3.63, 3.8) is 0 Å². The second-order valence-corrected chi connectivity index (χ2v) is 3.94. The number of fused-ring (bicyclic) bond motifs is 1. The number of nitrogens with zero attached hydrogens (tertiary/aromatic N) is 3. The highest BCUT2D eigenvalue weighted by Crippen LogP contribution is 2.22. The molecule has 5 nitrogen and oxygen atoms in total. The molecule has 0 aliphatic carbocycles. The number of methoxy groups -OCH3 is 1. The SMILES string of the molecule is COC(=O)c1cc(Br)cc2c1nnn2C. The number of carbonyl (C=O) groups excluding carboxylic acids is 1. The van der Waals surface area contributed by atoms with Crippen LogP contribution in [0.2, 0.25) is 0 Å². The van der Waals surface area contributed by atoms with Crippen molar-refractivity contribution in [2.24, 2.45) is 7.05 Å². The lowest BCUT2D eigenvalue weighted by Gasteiger charge is -2.01. The number of hydrogen-bond donors (Lipinski definition) is 0. The zero-order chi connectivity index (χ0) is 11.0. The lowest BCUT2D eigenvalue weighted by Crippen LogP contribution is -2.02. The molecule has 0 bridgehead atoms. The molecular weight excluding hydrogens is 262 g/mol. The number of aryl methyl sites for hydroxylation is 1. The van der Waals surface area contributed by atoms with Crippen LogP contribution < -0.4 is 0 Å². The zero-order valence-electron chi connectivity index (χ0n) is 8.19. The summed E-state index contributed by atoms with van der Waals surface area (Å²) in [5, 5.41) is 7.77. The van der Waals surface area contributed by atoms with Crippen LogP contribution in [-0.4, -0.2) is 28.1 Å². The van der Waals surface area contributed by atoms with Crippen LogP contribution in [0.3, 0.4) is 0 Å². The van der Waals surface area contributed by atoms with Crippen LogP contribution in [0.5, 0.6) is 0 Å². The highest BCUT2D eigenvalue weighted by molar-refractivity contribution is 9.10. The minimum absolute atomic E-state index is 0.412. The van der Waals surface area contributed by atoms with Crippen LogP contribution >= 0.6 is 15.9 Å². The van der Waals surface area contributed by atoms with Gasteiger partial charge in [-0.3, -0.25) is 0 Å². The quantitative estimate of drug-likeness (QED) is 0.737. The van der Waals surface area contributed by atoms with E-state index >= 15 is 0 Å². The third-order valence-electron chi connectivity index (χ3n) is 2.09. The van der Waals surface area contributed by atoms with Crippen LogP contribution in [-0.2, 0) is 11.8 Å². The van der Waals surface area contributed by atoms with Crippen molar-refractivity contribution < 1.29 is 9.53 Å².